The van der Waals surface area contributed by atoms with Crippen LogP contribution in [0.25, 0.3) is 0 Å². The maximum Gasteiger partial charge on any atom is 0.193 e. The highest BCUT2D eigenvalue weighted by Crippen LogP contribution is 1.85. The first kappa shape index (κ1) is 7.78. The van der Waals surface area contributed by atoms with Crippen molar-refractivity contribution in [2.75, 3.05) is 18.6 Å². The number of hydrogen-bond acceptors (Lipinski definition) is 4. The van der Waals surface area contributed by atoms with Crippen LogP contribution in [0.4, 0.5) is 0 Å². The van der Waals surface area contributed by atoms with Gasteiger partial charge in [-0.25, -0.2) is 0 Å². The molecule has 0 fully saturated rings. The summed E-state index contributed by atoms with van der Waals surface area (Å²) >= 11 is 1.73. The second kappa shape index (κ2) is 6.78. The van der Waals surface area contributed by atoms with E-state index in [2.05, 4.69) is 10.3 Å². The van der Waals surface area contributed by atoms with Crippen LogP contribution in [0.3, 0.4) is 0 Å². The lowest BCUT2D eigenvalue weighted by molar-refractivity contribution is 0.199. The Labute approximate surface area is 53.3 Å². The maximum absolute atomic E-state index is 6.42. The van der Waals surface area contributed by atoms with E-state index < -0.39 is 0 Å². The molecule has 0 saturated carbocycles. The van der Waals surface area contributed by atoms with E-state index in [4.69, 9.17) is 5.41 Å². The zero-order valence-electron chi connectivity index (χ0n) is 4.81. The lowest BCUT2D eigenvalue weighted by Gasteiger charge is -1.97. The normalized spacial score (nSPS) is 8.62. The topological polar surface area (TPSA) is 45.1 Å². The summed E-state index contributed by atoms with van der Waals surface area (Å²) in [6.07, 6.45) is 2.90. The van der Waals surface area contributed by atoms with E-state index in [1.165, 1.54) is 0 Å². The summed E-state index contributed by atoms with van der Waals surface area (Å²) in [7, 11) is 0. The second-order valence-corrected chi connectivity index (χ2v) is 2.11. The molecule has 0 aromatic heterocycles. The lowest BCUT2D eigenvalue weighted by atomic mass is 10.8. The van der Waals surface area contributed by atoms with Gasteiger partial charge < -0.3 is 4.84 Å². The third-order valence-corrected chi connectivity index (χ3v) is 1.16. The van der Waals surface area contributed by atoms with E-state index in [0.29, 0.717) is 0 Å². The van der Waals surface area contributed by atoms with Gasteiger partial charge in [0, 0.05) is 12.3 Å². The van der Waals surface area contributed by atoms with Gasteiger partial charge in [0.15, 0.2) is 6.40 Å². The van der Waals surface area contributed by atoms with Crippen LogP contribution >= 0.6 is 11.8 Å². The predicted octanol–water partition coefficient (Wildman–Crippen LogP) is 0.478. The van der Waals surface area contributed by atoms with Crippen LogP contribution in [0.5, 0.6) is 0 Å². The van der Waals surface area contributed by atoms with Crippen molar-refractivity contribution >= 4 is 18.2 Å². The molecular formula is C4H10N2OS. The largest absolute Gasteiger partial charge is 0.397 e. The molecule has 48 valence electrons. The van der Waals surface area contributed by atoms with Gasteiger partial charge in [0.05, 0.1) is 0 Å². The summed E-state index contributed by atoms with van der Waals surface area (Å²) in [5, 5.41) is 6.42. The fourth-order valence-corrected chi connectivity index (χ4v) is 0.532. The van der Waals surface area contributed by atoms with Gasteiger partial charge in [-0.15, -0.1) is 0 Å². The zero-order chi connectivity index (χ0) is 6.24. The summed E-state index contributed by atoms with van der Waals surface area (Å²) < 4.78 is 0. The molecule has 3 nitrogen and oxygen atoms in total. The minimum Gasteiger partial charge on any atom is -0.397 e. The Morgan fingerprint density at radius 3 is 3.12 bits per heavy atom. The Morgan fingerprint density at radius 1 is 1.88 bits per heavy atom. The monoisotopic (exact) mass is 134 g/mol. The fourth-order valence-electron chi connectivity index (χ4n) is 0.244. The third kappa shape index (κ3) is 5.78. The van der Waals surface area contributed by atoms with E-state index in [-0.39, 0.29) is 0 Å². The Morgan fingerprint density at radius 2 is 2.62 bits per heavy atom. The summed E-state index contributed by atoms with van der Waals surface area (Å²) in [5.74, 6) is 1.01. The minimum atomic E-state index is 0.788. The smallest absolute Gasteiger partial charge is 0.193 e. The van der Waals surface area contributed by atoms with E-state index in [0.717, 1.165) is 18.7 Å². The lowest BCUT2D eigenvalue weighted by Crippen LogP contribution is -2.16. The Kier molecular flexibility index (Phi) is 6.59. The van der Waals surface area contributed by atoms with Crippen LogP contribution in [-0.4, -0.2) is 25.0 Å². The van der Waals surface area contributed by atoms with Crippen LogP contribution in [-0.2, 0) is 4.84 Å². The molecular weight excluding hydrogens is 124 g/mol. The Bertz CT molecular complexity index is 60.0. The van der Waals surface area contributed by atoms with Gasteiger partial charge in [-0.05, 0) is 6.26 Å². The molecule has 0 aliphatic rings. The highest BCUT2D eigenvalue weighted by molar-refractivity contribution is 7.98. The Balaban J connectivity index is 2.62. The standard InChI is InChI=1S/C4H10N2OS/c1-8-3-2-6-7-4-5/h4-6H,2-3H2,1H3. The fraction of sp³-hybridized carbons (Fsp3) is 0.750. The van der Waals surface area contributed by atoms with Crippen molar-refractivity contribution in [1.29, 1.82) is 5.41 Å². The van der Waals surface area contributed by atoms with Crippen molar-refractivity contribution in [2.45, 2.75) is 0 Å². The van der Waals surface area contributed by atoms with Crippen LogP contribution in [0.1, 0.15) is 0 Å². The first-order valence-electron chi connectivity index (χ1n) is 2.28. The summed E-state index contributed by atoms with van der Waals surface area (Å²) in [5.41, 5.74) is 2.57. The molecule has 0 aliphatic heterocycles. The van der Waals surface area contributed by atoms with Crippen molar-refractivity contribution in [3.05, 3.63) is 0 Å². The van der Waals surface area contributed by atoms with Gasteiger partial charge in [0.2, 0.25) is 0 Å². The molecule has 0 unspecified atom stereocenters. The molecule has 0 radical (unpaired) electrons. The van der Waals surface area contributed by atoms with Crippen LogP contribution in [0.2, 0.25) is 0 Å². The molecule has 0 aromatic rings. The average molecular weight is 134 g/mol. The van der Waals surface area contributed by atoms with Gasteiger partial charge in [0.25, 0.3) is 0 Å². The molecule has 0 amide bonds. The van der Waals surface area contributed by atoms with Gasteiger partial charge in [-0.2, -0.15) is 17.2 Å². The van der Waals surface area contributed by atoms with E-state index in [1.54, 1.807) is 11.8 Å². The molecule has 0 spiro atoms. The van der Waals surface area contributed by atoms with Crippen molar-refractivity contribution in [3.63, 3.8) is 0 Å². The van der Waals surface area contributed by atoms with Crippen molar-refractivity contribution in [1.82, 2.24) is 5.48 Å². The summed E-state index contributed by atoms with van der Waals surface area (Å²) in [4.78, 5) is 4.41. The molecule has 0 rings (SSSR count). The molecule has 0 atom stereocenters. The second-order valence-electron chi connectivity index (χ2n) is 1.12. The Hall–Kier alpha value is -0.220. The number of hydroxylamine groups is 1. The molecule has 0 heterocycles. The van der Waals surface area contributed by atoms with Crippen LogP contribution in [0, 0.1) is 5.41 Å². The predicted molar refractivity (Wildman–Crippen MR) is 36.3 cm³/mol. The third-order valence-electron chi connectivity index (χ3n) is 0.551. The van der Waals surface area contributed by atoms with Crippen LogP contribution < -0.4 is 5.48 Å². The summed E-state index contributed by atoms with van der Waals surface area (Å²) in [6, 6.07) is 0. The molecule has 4 heteroatoms. The molecule has 0 aromatic carbocycles. The molecule has 2 N–H and O–H groups in total. The van der Waals surface area contributed by atoms with Gasteiger partial charge in [-0.3, -0.25) is 5.41 Å². The number of hydrogen-bond donors (Lipinski definition) is 2. The molecule has 0 aliphatic carbocycles. The van der Waals surface area contributed by atoms with Crippen molar-refractivity contribution in [2.24, 2.45) is 0 Å². The number of thioether (sulfide) groups is 1. The molecule has 0 saturated heterocycles. The quantitative estimate of drug-likeness (QED) is 0.249. The SMILES string of the molecule is CSCCNOC=N. The van der Waals surface area contributed by atoms with E-state index in [9.17, 15) is 0 Å². The highest BCUT2D eigenvalue weighted by Gasteiger charge is 1.79. The average Bonchev–Trinajstić information content (AvgIpc) is 1.81. The van der Waals surface area contributed by atoms with Crippen LogP contribution in [0.15, 0.2) is 0 Å². The summed E-state index contributed by atoms with van der Waals surface area (Å²) in [6.45, 7) is 0.788. The van der Waals surface area contributed by atoms with Crippen molar-refractivity contribution < 1.29 is 4.84 Å². The zero-order valence-corrected chi connectivity index (χ0v) is 5.62. The minimum absolute atomic E-state index is 0.788. The highest BCUT2D eigenvalue weighted by atomic mass is 32.2. The van der Waals surface area contributed by atoms with E-state index >= 15 is 0 Å². The number of rotatable bonds is 5. The first-order valence-corrected chi connectivity index (χ1v) is 3.67. The van der Waals surface area contributed by atoms with Gasteiger partial charge in [-0.1, -0.05) is 0 Å². The van der Waals surface area contributed by atoms with Crippen molar-refractivity contribution in [3.8, 4) is 0 Å². The van der Waals surface area contributed by atoms with Gasteiger partial charge in [0.1, 0.15) is 0 Å². The number of nitrogens with one attached hydrogen (secondary N) is 2. The van der Waals surface area contributed by atoms with E-state index in [1.807, 2.05) is 6.26 Å². The first-order chi connectivity index (χ1) is 3.91. The van der Waals surface area contributed by atoms with Gasteiger partial charge >= 0.3 is 0 Å². The molecule has 0 bridgehead atoms. The molecule has 8 heavy (non-hydrogen) atoms. The maximum atomic E-state index is 6.42.